The van der Waals surface area contributed by atoms with E-state index in [4.69, 9.17) is 5.26 Å². The molecule has 0 aliphatic heterocycles. The molecule has 1 heterocycles. The van der Waals surface area contributed by atoms with Gasteiger partial charge in [-0.1, -0.05) is 18.2 Å². The summed E-state index contributed by atoms with van der Waals surface area (Å²) in [5, 5.41) is 14.6. The summed E-state index contributed by atoms with van der Waals surface area (Å²) in [5.41, 5.74) is 2.13. The number of aromatic nitrogens is 1. The topological polar surface area (TPSA) is 132 Å². The summed E-state index contributed by atoms with van der Waals surface area (Å²) in [4.78, 5) is 27.5. The number of nitriles is 1. The Kier molecular flexibility index (Phi) is 7.58. The first-order valence-corrected chi connectivity index (χ1v) is 11.0. The SMILES string of the molecule is CS(=O)(=O)CC(NC(=O)CCCc1c[nH]c2ccccc12)C(=O)NCCC#N. The van der Waals surface area contributed by atoms with Crippen LogP contribution in [0.5, 0.6) is 0 Å². The number of hydrogen-bond donors (Lipinski definition) is 3. The molecule has 150 valence electrons. The van der Waals surface area contributed by atoms with Gasteiger partial charge in [0.05, 0.1) is 18.2 Å². The predicted octanol–water partition coefficient (Wildman–Crippen LogP) is 1.05. The van der Waals surface area contributed by atoms with Gasteiger partial charge in [0.25, 0.3) is 0 Å². The minimum atomic E-state index is -3.47. The highest BCUT2D eigenvalue weighted by molar-refractivity contribution is 7.90. The Balaban J connectivity index is 1.89. The summed E-state index contributed by atoms with van der Waals surface area (Å²) < 4.78 is 23.1. The summed E-state index contributed by atoms with van der Waals surface area (Å²) in [6.45, 7) is 0.103. The van der Waals surface area contributed by atoms with Gasteiger partial charge in [0.2, 0.25) is 11.8 Å². The smallest absolute Gasteiger partial charge is 0.243 e. The zero-order chi connectivity index (χ0) is 20.6. The van der Waals surface area contributed by atoms with Crippen LogP contribution in [0.3, 0.4) is 0 Å². The van der Waals surface area contributed by atoms with Gasteiger partial charge in [-0.15, -0.1) is 0 Å². The normalized spacial score (nSPS) is 12.3. The van der Waals surface area contributed by atoms with E-state index in [1.165, 1.54) is 0 Å². The monoisotopic (exact) mass is 404 g/mol. The Morgan fingerprint density at radius 3 is 2.75 bits per heavy atom. The van der Waals surface area contributed by atoms with Crippen LogP contribution in [0.4, 0.5) is 0 Å². The van der Waals surface area contributed by atoms with Gasteiger partial charge in [0.15, 0.2) is 0 Å². The predicted molar refractivity (Wildman–Crippen MR) is 106 cm³/mol. The van der Waals surface area contributed by atoms with Gasteiger partial charge in [-0.25, -0.2) is 8.42 Å². The Labute approximate surface area is 164 Å². The lowest BCUT2D eigenvalue weighted by atomic mass is 10.1. The first kappa shape index (κ1) is 21.4. The Bertz CT molecular complexity index is 975. The fourth-order valence-electron chi connectivity index (χ4n) is 2.89. The molecular weight excluding hydrogens is 380 g/mol. The highest BCUT2D eigenvalue weighted by Crippen LogP contribution is 2.19. The molecule has 1 atom stereocenters. The maximum absolute atomic E-state index is 12.2. The van der Waals surface area contributed by atoms with Gasteiger partial charge in [-0.2, -0.15) is 5.26 Å². The van der Waals surface area contributed by atoms with Crippen molar-refractivity contribution in [3.63, 3.8) is 0 Å². The first-order valence-electron chi connectivity index (χ1n) is 8.97. The van der Waals surface area contributed by atoms with Gasteiger partial charge >= 0.3 is 0 Å². The van der Waals surface area contributed by atoms with Crippen LogP contribution in [-0.4, -0.2) is 49.8 Å². The van der Waals surface area contributed by atoms with E-state index in [-0.39, 0.29) is 25.3 Å². The number of amides is 2. The van der Waals surface area contributed by atoms with E-state index in [0.29, 0.717) is 12.8 Å². The number of sulfone groups is 1. The highest BCUT2D eigenvalue weighted by atomic mass is 32.2. The summed E-state index contributed by atoms with van der Waals surface area (Å²) >= 11 is 0. The van der Waals surface area contributed by atoms with E-state index in [1.54, 1.807) is 0 Å². The molecule has 0 saturated carbocycles. The number of aryl methyl sites for hydroxylation is 1. The largest absolute Gasteiger partial charge is 0.361 e. The lowest BCUT2D eigenvalue weighted by Gasteiger charge is -2.17. The second-order valence-corrected chi connectivity index (χ2v) is 8.81. The molecule has 8 nitrogen and oxygen atoms in total. The van der Waals surface area contributed by atoms with Crippen LogP contribution in [0.1, 0.15) is 24.8 Å². The quantitative estimate of drug-likeness (QED) is 0.509. The number of nitrogens with zero attached hydrogens (tertiary/aromatic N) is 1. The number of fused-ring (bicyclic) bond motifs is 1. The zero-order valence-electron chi connectivity index (χ0n) is 15.7. The fourth-order valence-corrected chi connectivity index (χ4v) is 3.74. The molecule has 3 N–H and O–H groups in total. The lowest BCUT2D eigenvalue weighted by molar-refractivity contribution is -0.128. The van der Waals surface area contributed by atoms with Gasteiger partial charge in [-0.05, 0) is 24.5 Å². The molecule has 1 aromatic carbocycles. The molecule has 9 heteroatoms. The van der Waals surface area contributed by atoms with E-state index in [2.05, 4.69) is 15.6 Å². The van der Waals surface area contributed by atoms with E-state index in [9.17, 15) is 18.0 Å². The van der Waals surface area contributed by atoms with Gasteiger partial charge in [0.1, 0.15) is 15.9 Å². The number of hydrogen-bond acceptors (Lipinski definition) is 5. The molecule has 0 fully saturated rings. The summed E-state index contributed by atoms with van der Waals surface area (Å²) in [6, 6.07) is 8.59. The number of rotatable bonds is 10. The standard InChI is InChI=1S/C19H24N4O4S/c1-28(26,27)13-17(19(25)21-11-5-10-20)23-18(24)9-4-6-14-12-22-16-8-3-2-7-15(14)16/h2-3,7-8,12,17,22H,4-6,9,11,13H2,1H3,(H,21,25)(H,23,24). The minimum Gasteiger partial charge on any atom is -0.361 e. The van der Waals surface area contributed by atoms with Crippen molar-refractivity contribution in [3.05, 3.63) is 36.0 Å². The first-order chi connectivity index (χ1) is 13.3. The van der Waals surface area contributed by atoms with Crippen molar-refractivity contribution in [2.75, 3.05) is 18.6 Å². The van der Waals surface area contributed by atoms with Crippen LogP contribution in [0.2, 0.25) is 0 Å². The van der Waals surface area contributed by atoms with Crippen LogP contribution >= 0.6 is 0 Å². The molecule has 28 heavy (non-hydrogen) atoms. The number of carbonyl (C=O) groups excluding carboxylic acids is 2. The van der Waals surface area contributed by atoms with Crippen molar-refractivity contribution >= 4 is 32.6 Å². The third-order valence-corrected chi connectivity index (χ3v) is 5.12. The molecule has 0 radical (unpaired) electrons. The maximum atomic E-state index is 12.2. The third kappa shape index (κ3) is 6.70. The molecule has 0 aliphatic carbocycles. The molecule has 1 unspecified atom stereocenters. The number of para-hydroxylation sites is 1. The molecule has 0 saturated heterocycles. The van der Waals surface area contributed by atoms with Gasteiger partial charge < -0.3 is 15.6 Å². The van der Waals surface area contributed by atoms with Crippen molar-refractivity contribution in [1.29, 1.82) is 5.26 Å². The van der Waals surface area contributed by atoms with Gasteiger partial charge in [-0.3, -0.25) is 9.59 Å². The van der Waals surface area contributed by atoms with E-state index < -0.39 is 27.5 Å². The molecule has 0 aliphatic rings. The van der Waals surface area contributed by atoms with Crippen molar-refractivity contribution in [1.82, 2.24) is 15.6 Å². The van der Waals surface area contributed by atoms with Crippen LogP contribution in [0.25, 0.3) is 10.9 Å². The van der Waals surface area contributed by atoms with Crippen LogP contribution in [0.15, 0.2) is 30.5 Å². The molecular formula is C19H24N4O4S. The third-order valence-electron chi connectivity index (χ3n) is 4.18. The second-order valence-electron chi connectivity index (χ2n) is 6.62. The van der Waals surface area contributed by atoms with Crippen LogP contribution in [-0.2, 0) is 25.8 Å². The molecule has 2 aromatic rings. The average Bonchev–Trinajstić information content (AvgIpc) is 3.03. The average molecular weight is 404 g/mol. The lowest BCUT2D eigenvalue weighted by Crippen LogP contribution is -2.50. The number of aromatic amines is 1. The van der Waals surface area contributed by atoms with Crippen LogP contribution in [0, 0.1) is 11.3 Å². The Morgan fingerprint density at radius 1 is 1.29 bits per heavy atom. The summed E-state index contributed by atoms with van der Waals surface area (Å²) in [6.07, 6.45) is 4.45. The minimum absolute atomic E-state index is 0.103. The molecule has 2 rings (SSSR count). The van der Waals surface area contributed by atoms with Crippen molar-refractivity contribution in [3.8, 4) is 6.07 Å². The molecule has 0 bridgehead atoms. The van der Waals surface area contributed by atoms with Crippen molar-refractivity contribution in [2.24, 2.45) is 0 Å². The summed E-state index contributed by atoms with van der Waals surface area (Å²) in [7, 11) is -3.47. The van der Waals surface area contributed by atoms with Crippen LogP contribution < -0.4 is 10.6 Å². The van der Waals surface area contributed by atoms with E-state index in [1.807, 2.05) is 36.5 Å². The number of carbonyl (C=O) groups is 2. The molecule has 1 aromatic heterocycles. The maximum Gasteiger partial charge on any atom is 0.243 e. The molecule has 0 spiro atoms. The van der Waals surface area contributed by atoms with Gasteiger partial charge in [0, 0.05) is 36.3 Å². The highest BCUT2D eigenvalue weighted by Gasteiger charge is 2.24. The zero-order valence-corrected chi connectivity index (χ0v) is 16.5. The number of nitrogens with one attached hydrogen (secondary N) is 3. The fraction of sp³-hybridized carbons (Fsp3) is 0.421. The summed E-state index contributed by atoms with van der Waals surface area (Å²) in [5.74, 6) is -1.48. The second kappa shape index (κ2) is 9.90. The number of H-pyrrole nitrogens is 1. The van der Waals surface area contributed by atoms with Crippen molar-refractivity contribution < 1.29 is 18.0 Å². The van der Waals surface area contributed by atoms with E-state index in [0.717, 1.165) is 22.7 Å². The Hall–Kier alpha value is -2.86. The Morgan fingerprint density at radius 2 is 2.04 bits per heavy atom. The van der Waals surface area contributed by atoms with E-state index >= 15 is 0 Å². The molecule has 2 amide bonds. The number of benzene rings is 1. The van der Waals surface area contributed by atoms with Crippen molar-refractivity contribution in [2.45, 2.75) is 31.7 Å².